The summed E-state index contributed by atoms with van der Waals surface area (Å²) in [6, 6.07) is 9.66. The van der Waals surface area contributed by atoms with Crippen LogP contribution in [0.2, 0.25) is 10.0 Å². The number of anilines is 1. The second-order valence-electron chi connectivity index (χ2n) is 3.71. The molecule has 0 bridgehead atoms. The summed E-state index contributed by atoms with van der Waals surface area (Å²) in [5.74, 6) is -1.01. The van der Waals surface area contributed by atoms with Crippen molar-refractivity contribution < 1.29 is 9.18 Å². The molecule has 6 heteroatoms. The molecule has 0 atom stereocenters. The summed E-state index contributed by atoms with van der Waals surface area (Å²) >= 11 is 13.5. The summed E-state index contributed by atoms with van der Waals surface area (Å²) in [4.78, 5) is 11.9. The van der Waals surface area contributed by atoms with Crippen LogP contribution in [0.4, 0.5) is 10.1 Å². The van der Waals surface area contributed by atoms with Gasteiger partial charge in [-0.2, -0.15) is 0 Å². The van der Waals surface area contributed by atoms with E-state index in [0.717, 1.165) is 3.57 Å². The number of hydrogen-bond donors (Lipinski definition) is 1. The van der Waals surface area contributed by atoms with Crippen molar-refractivity contribution in [2.45, 2.75) is 0 Å². The van der Waals surface area contributed by atoms with Gasteiger partial charge in [0.25, 0.3) is 5.91 Å². The van der Waals surface area contributed by atoms with Crippen LogP contribution in [0.3, 0.4) is 0 Å². The predicted molar refractivity (Wildman–Crippen MR) is 83.5 cm³/mol. The number of nitrogens with one attached hydrogen (secondary N) is 1. The van der Waals surface area contributed by atoms with E-state index in [1.54, 1.807) is 12.1 Å². The number of hydrogen-bond acceptors (Lipinski definition) is 1. The third kappa shape index (κ3) is 3.58. The molecule has 98 valence electrons. The van der Waals surface area contributed by atoms with Gasteiger partial charge in [0.1, 0.15) is 0 Å². The molecule has 2 aromatic rings. The Balaban J connectivity index is 2.22. The van der Waals surface area contributed by atoms with E-state index in [1.807, 2.05) is 12.1 Å². The van der Waals surface area contributed by atoms with Crippen LogP contribution in [0.1, 0.15) is 10.4 Å². The minimum Gasteiger partial charge on any atom is -0.322 e. The maximum Gasteiger partial charge on any atom is 0.255 e. The topological polar surface area (TPSA) is 29.1 Å². The van der Waals surface area contributed by atoms with Crippen molar-refractivity contribution in [3.63, 3.8) is 0 Å². The molecule has 0 aliphatic carbocycles. The van der Waals surface area contributed by atoms with Gasteiger partial charge in [0.05, 0.1) is 10.0 Å². The second-order valence-corrected chi connectivity index (χ2v) is 5.77. The lowest BCUT2D eigenvalue weighted by Crippen LogP contribution is -2.11. The standard InChI is InChI=1S/C13H7Cl2FINO/c14-10-5-9(6-11(15)12(10)16)18-13(19)7-1-3-8(17)4-2-7/h1-6H,(H,18,19). The minimum atomic E-state index is -0.699. The molecular weight excluding hydrogens is 403 g/mol. The largest absolute Gasteiger partial charge is 0.322 e. The van der Waals surface area contributed by atoms with Crippen molar-refractivity contribution in [1.29, 1.82) is 0 Å². The predicted octanol–water partition coefficient (Wildman–Crippen LogP) is 4.99. The van der Waals surface area contributed by atoms with Crippen LogP contribution in [0.5, 0.6) is 0 Å². The molecule has 0 spiro atoms. The van der Waals surface area contributed by atoms with E-state index < -0.39 is 5.82 Å². The zero-order chi connectivity index (χ0) is 14.0. The van der Waals surface area contributed by atoms with Gasteiger partial charge >= 0.3 is 0 Å². The van der Waals surface area contributed by atoms with Crippen molar-refractivity contribution in [2.24, 2.45) is 0 Å². The van der Waals surface area contributed by atoms with Gasteiger partial charge in [0, 0.05) is 14.8 Å². The summed E-state index contributed by atoms with van der Waals surface area (Å²) in [7, 11) is 0. The molecule has 2 aromatic carbocycles. The first kappa shape index (κ1) is 14.6. The Morgan fingerprint density at radius 3 is 2.16 bits per heavy atom. The highest BCUT2D eigenvalue weighted by atomic mass is 127. The van der Waals surface area contributed by atoms with Crippen molar-refractivity contribution >= 4 is 57.4 Å². The van der Waals surface area contributed by atoms with E-state index in [1.165, 1.54) is 12.1 Å². The molecule has 1 N–H and O–H groups in total. The highest BCUT2D eigenvalue weighted by Gasteiger charge is 2.10. The molecule has 0 saturated carbocycles. The minimum absolute atomic E-state index is 0.134. The Bertz CT molecular complexity index is 608. The molecule has 0 aromatic heterocycles. The van der Waals surface area contributed by atoms with Crippen molar-refractivity contribution in [3.05, 3.63) is 61.4 Å². The monoisotopic (exact) mass is 409 g/mol. The van der Waals surface area contributed by atoms with Crippen LogP contribution in [0, 0.1) is 9.39 Å². The maximum atomic E-state index is 13.2. The summed E-state index contributed by atoms with van der Waals surface area (Å²) in [5.41, 5.74) is 0.844. The number of benzene rings is 2. The van der Waals surface area contributed by atoms with E-state index in [2.05, 4.69) is 27.9 Å². The molecule has 1 amide bonds. The Morgan fingerprint density at radius 2 is 1.63 bits per heavy atom. The maximum absolute atomic E-state index is 13.2. The normalized spacial score (nSPS) is 10.3. The fourth-order valence-electron chi connectivity index (χ4n) is 1.43. The molecule has 2 rings (SSSR count). The Hall–Kier alpha value is -0.850. The summed E-state index contributed by atoms with van der Waals surface area (Å²) in [6.45, 7) is 0. The van der Waals surface area contributed by atoms with E-state index >= 15 is 0 Å². The van der Waals surface area contributed by atoms with Gasteiger partial charge in [-0.05, 0) is 59.0 Å². The van der Waals surface area contributed by atoms with Crippen LogP contribution in [0.25, 0.3) is 0 Å². The van der Waals surface area contributed by atoms with Gasteiger partial charge in [0.15, 0.2) is 5.82 Å². The van der Waals surface area contributed by atoms with Crippen LogP contribution in [-0.4, -0.2) is 5.91 Å². The van der Waals surface area contributed by atoms with Crippen LogP contribution < -0.4 is 5.32 Å². The third-order valence-corrected chi connectivity index (χ3v) is 3.62. The highest BCUT2D eigenvalue weighted by Crippen LogP contribution is 2.27. The smallest absolute Gasteiger partial charge is 0.255 e. The molecule has 2 nitrogen and oxygen atoms in total. The first-order valence-corrected chi connectivity index (χ1v) is 7.02. The third-order valence-electron chi connectivity index (χ3n) is 2.35. The Labute approximate surface area is 133 Å². The molecular formula is C13H7Cl2FINO. The molecule has 0 saturated heterocycles. The van der Waals surface area contributed by atoms with Crippen molar-refractivity contribution in [2.75, 3.05) is 5.32 Å². The average Bonchev–Trinajstić information content (AvgIpc) is 2.36. The quantitative estimate of drug-likeness (QED) is 0.549. The lowest BCUT2D eigenvalue weighted by atomic mass is 10.2. The van der Waals surface area contributed by atoms with Crippen LogP contribution in [0.15, 0.2) is 36.4 Å². The van der Waals surface area contributed by atoms with Crippen molar-refractivity contribution in [1.82, 2.24) is 0 Å². The molecule has 0 unspecified atom stereocenters. The summed E-state index contributed by atoms with van der Waals surface area (Å²) in [6.07, 6.45) is 0. The number of carbonyl (C=O) groups is 1. The van der Waals surface area contributed by atoms with Gasteiger partial charge in [-0.3, -0.25) is 4.79 Å². The molecule has 19 heavy (non-hydrogen) atoms. The number of halogens is 4. The van der Waals surface area contributed by atoms with E-state index in [-0.39, 0.29) is 16.0 Å². The van der Waals surface area contributed by atoms with Gasteiger partial charge in [-0.1, -0.05) is 23.2 Å². The molecule has 0 aliphatic heterocycles. The zero-order valence-corrected chi connectivity index (χ0v) is 13.1. The van der Waals surface area contributed by atoms with Gasteiger partial charge in [0.2, 0.25) is 0 Å². The van der Waals surface area contributed by atoms with Crippen LogP contribution >= 0.6 is 45.8 Å². The molecule has 0 radical (unpaired) electrons. The van der Waals surface area contributed by atoms with E-state index in [0.29, 0.717) is 11.3 Å². The zero-order valence-electron chi connectivity index (χ0n) is 9.38. The van der Waals surface area contributed by atoms with Gasteiger partial charge in [-0.25, -0.2) is 4.39 Å². The first-order valence-electron chi connectivity index (χ1n) is 5.19. The summed E-state index contributed by atoms with van der Waals surface area (Å²) < 4.78 is 14.3. The number of carbonyl (C=O) groups excluding carboxylic acids is 1. The average molecular weight is 410 g/mol. The fourth-order valence-corrected chi connectivity index (χ4v) is 2.28. The van der Waals surface area contributed by atoms with Gasteiger partial charge < -0.3 is 5.32 Å². The lowest BCUT2D eigenvalue weighted by molar-refractivity contribution is 0.102. The highest BCUT2D eigenvalue weighted by molar-refractivity contribution is 14.1. The Morgan fingerprint density at radius 1 is 1.11 bits per heavy atom. The van der Waals surface area contributed by atoms with Crippen LogP contribution in [-0.2, 0) is 0 Å². The first-order chi connectivity index (χ1) is 8.97. The van der Waals surface area contributed by atoms with Crippen molar-refractivity contribution in [3.8, 4) is 0 Å². The SMILES string of the molecule is O=C(Nc1cc(Cl)c(F)c(Cl)c1)c1ccc(I)cc1. The number of amides is 1. The van der Waals surface area contributed by atoms with Gasteiger partial charge in [-0.15, -0.1) is 0 Å². The summed E-state index contributed by atoms with van der Waals surface area (Å²) in [5, 5.41) is 2.34. The lowest BCUT2D eigenvalue weighted by Gasteiger charge is -2.07. The van der Waals surface area contributed by atoms with E-state index in [9.17, 15) is 9.18 Å². The fraction of sp³-hybridized carbons (Fsp3) is 0. The van der Waals surface area contributed by atoms with E-state index in [4.69, 9.17) is 23.2 Å². The molecule has 0 aliphatic rings. The second kappa shape index (κ2) is 6.07. The Kier molecular flexibility index (Phi) is 4.65. The molecule has 0 fully saturated rings. The molecule has 0 heterocycles. The number of rotatable bonds is 2.